The Morgan fingerprint density at radius 1 is 1.32 bits per heavy atom. The van der Waals surface area contributed by atoms with Crippen LogP contribution in [0.1, 0.15) is 19.3 Å². The zero-order chi connectivity index (χ0) is 19.7. The van der Waals surface area contributed by atoms with E-state index >= 15 is 0 Å². The number of amides is 1. The number of hydrogen-bond donors (Lipinski definition) is 1. The second kappa shape index (κ2) is 7.78. The van der Waals surface area contributed by atoms with Crippen molar-refractivity contribution >= 4 is 54.0 Å². The van der Waals surface area contributed by atoms with Crippen LogP contribution in [0.2, 0.25) is 0 Å². The first-order valence-electron chi connectivity index (χ1n) is 8.80. The van der Waals surface area contributed by atoms with Crippen molar-refractivity contribution < 1.29 is 17.9 Å². The summed E-state index contributed by atoms with van der Waals surface area (Å²) in [5.74, 6) is 0.375. The third-order valence-electron chi connectivity index (χ3n) is 4.64. The molecule has 0 bridgehead atoms. The molecule has 1 saturated heterocycles. The van der Waals surface area contributed by atoms with Crippen LogP contribution in [0.4, 0.5) is 5.13 Å². The summed E-state index contributed by atoms with van der Waals surface area (Å²) in [6, 6.07) is 8.04. The molecule has 0 radical (unpaired) electrons. The second-order valence-electron chi connectivity index (χ2n) is 6.40. The average Bonchev–Trinajstić information content (AvgIpc) is 3.37. The number of fused-ring (bicyclic) bond motifs is 1. The lowest BCUT2D eigenvalue weighted by atomic mass is 10.0. The van der Waals surface area contributed by atoms with E-state index in [1.165, 1.54) is 15.6 Å². The number of thiophene rings is 1. The number of aromatic nitrogens is 1. The molecule has 1 aromatic carbocycles. The number of carbonyl (C=O) groups is 1. The molecule has 0 spiro atoms. The number of rotatable bonds is 5. The van der Waals surface area contributed by atoms with Crippen molar-refractivity contribution in [1.82, 2.24) is 9.29 Å². The summed E-state index contributed by atoms with van der Waals surface area (Å²) in [6.07, 6.45) is 2.05. The molecule has 0 aliphatic carbocycles. The molecule has 1 aliphatic rings. The van der Waals surface area contributed by atoms with Crippen molar-refractivity contribution in [3.05, 3.63) is 35.7 Å². The van der Waals surface area contributed by atoms with Crippen LogP contribution in [0.25, 0.3) is 10.2 Å². The molecule has 1 atom stereocenters. The van der Waals surface area contributed by atoms with Crippen LogP contribution < -0.4 is 10.1 Å². The van der Waals surface area contributed by atoms with Gasteiger partial charge in [0.1, 0.15) is 16.0 Å². The number of piperidine rings is 1. The third-order valence-corrected chi connectivity index (χ3v) is 8.85. The van der Waals surface area contributed by atoms with Crippen LogP contribution in [0, 0.1) is 0 Å². The van der Waals surface area contributed by atoms with Crippen molar-refractivity contribution in [3.63, 3.8) is 0 Å². The predicted molar refractivity (Wildman–Crippen MR) is 111 cm³/mol. The van der Waals surface area contributed by atoms with Crippen molar-refractivity contribution in [1.29, 1.82) is 0 Å². The van der Waals surface area contributed by atoms with Gasteiger partial charge in [-0.25, -0.2) is 13.4 Å². The molecule has 3 aromatic rings. The summed E-state index contributed by atoms with van der Waals surface area (Å²) in [5, 5.41) is 4.99. The summed E-state index contributed by atoms with van der Waals surface area (Å²) < 4.78 is 33.6. The monoisotopic (exact) mass is 437 g/mol. The molecule has 28 heavy (non-hydrogen) atoms. The molecule has 7 nitrogen and oxygen atoms in total. The number of carbonyl (C=O) groups excluding carboxylic acids is 1. The number of sulfonamides is 1. The van der Waals surface area contributed by atoms with Gasteiger partial charge in [0.15, 0.2) is 5.13 Å². The van der Waals surface area contributed by atoms with Crippen LogP contribution in [0.15, 0.2) is 39.9 Å². The normalized spacial score (nSPS) is 18.2. The number of methoxy groups -OCH3 is 1. The van der Waals surface area contributed by atoms with Crippen LogP contribution in [0.5, 0.6) is 5.75 Å². The lowest BCUT2D eigenvalue weighted by Crippen LogP contribution is -2.49. The van der Waals surface area contributed by atoms with E-state index in [1.807, 2.05) is 18.2 Å². The molecule has 1 N–H and O–H groups in total. The van der Waals surface area contributed by atoms with Gasteiger partial charge in [0, 0.05) is 6.54 Å². The van der Waals surface area contributed by atoms with Gasteiger partial charge in [-0.05, 0) is 42.5 Å². The van der Waals surface area contributed by atoms with Crippen LogP contribution >= 0.6 is 22.7 Å². The molecule has 2 aromatic heterocycles. The zero-order valence-electron chi connectivity index (χ0n) is 15.1. The Hall–Kier alpha value is -2.01. The maximum absolute atomic E-state index is 13.0. The minimum absolute atomic E-state index is 0.263. The van der Waals surface area contributed by atoms with Gasteiger partial charge in [-0.2, -0.15) is 4.31 Å². The molecule has 10 heteroatoms. The summed E-state index contributed by atoms with van der Waals surface area (Å²) >= 11 is 2.50. The zero-order valence-corrected chi connectivity index (χ0v) is 17.6. The van der Waals surface area contributed by atoms with Gasteiger partial charge in [0.2, 0.25) is 5.91 Å². The highest BCUT2D eigenvalue weighted by Crippen LogP contribution is 2.31. The number of hydrogen-bond acceptors (Lipinski definition) is 7. The maximum Gasteiger partial charge on any atom is 0.253 e. The SMILES string of the molecule is COc1ccc2nc(NC(=O)[C@H]3CCCCN3S(=O)(=O)c3cccs3)sc2c1. The Kier molecular flexibility index (Phi) is 5.37. The highest BCUT2D eigenvalue weighted by Gasteiger charge is 2.38. The number of nitrogens with one attached hydrogen (secondary N) is 1. The highest BCUT2D eigenvalue weighted by atomic mass is 32.2. The molecule has 1 fully saturated rings. The third kappa shape index (κ3) is 3.64. The van der Waals surface area contributed by atoms with Crippen LogP contribution in [-0.2, 0) is 14.8 Å². The lowest BCUT2D eigenvalue weighted by molar-refractivity contribution is -0.120. The van der Waals surface area contributed by atoms with E-state index in [4.69, 9.17) is 4.74 Å². The summed E-state index contributed by atoms with van der Waals surface area (Å²) in [4.78, 5) is 17.3. The van der Waals surface area contributed by atoms with E-state index < -0.39 is 16.1 Å². The molecule has 0 saturated carbocycles. The fraction of sp³-hybridized carbons (Fsp3) is 0.333. The lowest BCUT2D eigenvalue weighted by Gasteiger charge is -2.32. The second-order valence-corrected chi connectivity index (χ2v) is 10.5. The van der Waals surface area contributed by atoms with E-state index in [0.717, 1.165) is 40.1 Å². The van der Waals surface area contributed by atoms with Crippen LogP contribution in [0.3, 0.4) is 0 Å². The molecule has 4 rings (SSSR count). The molecular formula is C18H19N3O4S3. The van der Waals surface area contributed by atoms with Crippen molar-refractivity contribution in [3.8, 4) is 5.75 Å². The first kappa shape index (κ1) is 19.3. The van der Waals surface area contributed by atoms with Crippen molar-refractivity contribution in [2.75, 3.05) is 19.0 Å². The van der Waals surface area contributed by atoms with E-state index in [0.29, 0.717) is 18.1 Å². The first-order chi connectivity index (χ1) is 13.5. The maximum atomic E-state index is 13.0. The number of anilines is 1. The number of thiazole rings is 1. The quantitative estimate of drug-likeness (QED) is 0.659. The van der Waals surface area contributed by atoms with Gasteiger partial charge in [-0.3, -0.25) is 4.79 Å². The van der Waals surface area contributed by atoms with Crippen LogP contribution in [-0.4, -0.2) is 43.3 Å². The Morgan fingerprint density at radius 2 is 2.18 bits per heavy atom. The average molecular weight is 438 g/mol. The summed E-state index contributed by atoms with van der Waals surface area (Å²) in [6.45, 7) is 0.343. The van der Waals surface area contributed by atoms with Gasteiger partial charge in [-0.15, -0.1) is 11.3 Å². The summed E-state index contributed by atoms with van der Waals surface area (Å²) in [5.41, 5.74) is 0.757. The fourth-order valence-corrected chi connectivity index (χ4v) is 6.93. The van der Waals surface area contributed by atoms with Gasteiger partial charge >= 0.3 is 0 Å². The topological polar surface area (TPSA) is 88.6 Å². The standard InChI is InChI=1S/C18H19N3O4S3/c1-25-12-7-8-13-15(11-12)27-18(19-13)20-17(22)14-5-2-3-9-21(14)28(23,24)16-6-4-10-26-16/h4,6-8,10-11,14H,2-3,5,9H2,1H3,(H,19,20,22)/t14-/m1/s1. The molecule has 148 valence electrons. The number of nitrogens with zero attached hydrogens (tertiary/aromatic N) is 2. The largest absolute Gasteiger partial charge is 0.497 e. The summed E-state index contributed by atoms with van der Waals surface area (Å²) in [7, 11) is -2.09. The molecule has 3 heterocycles. The van der Waals surface area contributed by atoms with E-state index in [1.54, 1.807) is 24.6 Å². The predicted octanol–water partition coefficient (Wildman–Crippen LogP) is 3.55. The number of benzene rings is 1. The highest BCUT2D eigenvalue weighted by molar-refractivity contribution is 7.91. The molecule has 1 amide bonds. The van der Waals surface area contributed by atoms with E-state index in [9.17, 15) is 13.2 Å². The van der Waals surface area contributed by atoms with Gasteiger partial charge in [0.25, 0.3) is 10.0 Å². The Morgan fingerprint density at radius 3 is 2.93 bits per heavy atom. The molecule has 1 aliphatic heterocycles. The van der Waals surface area contributed by atoms with Gasteiger partial charge in [-0.1, -0.05) is 23.8 Å². The minimum Gasteiger partial charge on any atom is -0.497 e. The van der Waals surface area contributed by atoms with E-state index in [-0.39, 0.29) is 10.1 Å². The Labute approximate surface area is 171 Å². The van der Waals surface area contributed by atoms with E-state index in [2.05, 4.69) is 10.3 Å². The first-order valence-corrected chi connectivity index (χ1v) is 11.9. The minimum atomic E-state index is -3.68. The van der Waals surface area contributed by atoms with Gasteiger partial charge < -0.3 is 10.1 Å². The van der Waals surface area contributed by atoms with Crippen molar-refractivity contribution in [2.45, 2.75) is 29.5 Å². The number of ether oxygens (including phenoxy) is 1. The van der Waals surface area contributed by atoms with Gasteiger partial charge in [0.05, 0.1) is 17.3 Å². The smallest absolute Gasteiger partial charge is 0.253 e. The molecular weight excluding hydrogens is 418 g/mol. The fourth-order valence-electron chi connectivity index (χ4n) is 3.25. The molecule has 0 unspecified atom stereocenters. The Balaban J connectivity index is 1.57. The van der Waals surface area contributed by atoms with Crippen molar-refractivity contribution in [2.24, 2.45) is 0 Å². The Bertz CT molecular complexity index is 1090.